The van der Waals surface area contributed by atoms with Crippen LogP contribution < -0.4 is 0 Å². The number of thiazole rings is 1. The Morgan fingerprint density at radius 2 is 2.17 bits per heavy atom. The molecule has 2 aromatic heterocycles. The van der Waals surface area contributed by atoms with Gasteiger partial charge in [0.05, 0.1) is 20.9 Å². The number of aromatic nitrogens is 2. The fourth-order valence-corrected chi connectivity index (χ4v) is 3.71. The molecule has 4 heteroatoms. The van der Waals surface area contributed by atoms with E-state index in [2.05, 4.69) is 41.2 Å². The number of rotatable bonds is 3. The van der Waals surface area contributed by atoms with Gasteiger partial charge in [0, 0.05) is 16.5 Å². The largest absolute Gasteiger partial charge is 0.256 e. The van der Waals surface area contributed by atoms with E-state index >= 15 is 0 Å². The summed E-state index contributed by atoms with van der Waals surface area (Å²) in [4.78, 5) is 9.97. The van der Waals surface area contributed by atoms with Crippen LogP contribution in [0.5, 0.6) is 0 Å². The van der Waals surface area contributed by atoms with Crippen molar-refractivity contribution in [3.63, 3.8) is 0 Å². The average Bonchev–Trinajstić information content (AvgIpc) is 2.86. The van der Waals surface area contributed by atoms with Crippen LogP contribution in [-0.4, -0.2) is 9.97 Å². The van der Waals surface area contributed by atoms with Gasteiger partial charge >= 0.3 is 0 Å². The summed E-state index contributed by atoms with van der Waals surface area (Å²) in [5.74, 6) is 0. The highest BCUT2D eigenvalue weighted by atomic mass is 32.2. The van der Waals surface area contributed by atoms with E-state index in [1.165, 1.54) is 19.5 Å². The Morgan fingerprint density at radius 1 is 1.22 bits per heavy atom. The second-order valence-corrected chi connectivity index (χ2v) is 6.38. The van der Waals surface area contributed by atoms with Crippen molar-refractivity contribution < 1.29 is 0 Å². The molecule has 0 saturated carbocycles. The molecule has 0 spiro atoms. The van der Waals surface area contributed by atoms with Crippen molar-refractivity contribution in [1.29, 1.82) is 0 Å². The molecule has 18 heavy (non-hydrogen) atoms. The number of benzene rings is 1. The normalized spacial score (nSPS) is 10.9. The van der Waals surface area contributed by atoms with Crippen LogP contribution in [0.2, 0.25) is 0 Å². The van der Waals surface area contributed by atoms with E-state index in [0.29, 0.717) is 0 Å². The van der Waals surface area contributed by atoms with E-state index < -0.39 is 0 Å². The summed E-state index contributed by atoms with van der Waals surface area (Å²) in [5.41, 5.74) is 1.04. The quantitative estimate of drug-likeness (QED) is 0.706. The van der Waals surface area contributed by atoms with Gasteiger partial charge in [-0.15, -0.1) is 11.3 Å². The molecule has 1 aromatic carbocycles. The molecule has 3 rings (SSSR count). The van der Waals surface area contributed by atoms with Gasteiger partial charge in [0.25, 0.3) is 0 Å². The Labute approximate surface area is 114 Å². The van der Waals surface area contributed by atoms with E-state index in [1.807, 2.05) is 18.5 Å². The second-order valence-electron chi connectivity index (χ2n) is 3.89. The van der Waals surface area contributed by atoms with Gasteiger partial charge < -0.3 is 0 Å². The maximum absolute atomic E-state index is 4.38. The third-order valence-electron chi connectivity index (χ3n) is 2.63. The van der Waals surface area contributed by atoms with E-state index in [1.54, 1.807) is 23.1 Å². The highest BCUT2D eigenvalue weighted by molar-refractivity contribution is 8.01. The van der Waals surface area contributed by atoms with E-state index in [-0.39, 0.29) is 0 Å². The van der Waals surface area contributed by atoms with Gasteiger partial charge in [-0.3, -0.25) is 4.98 Å². The van der Waals surface area contributed by atoms with Crippen LogP contribution in [0.25, 0.3) is 10.9 Å². The fourth-order valence-electron chi connectivity index (χ4n) is 1.73. The zero-order valence-corrected chi connectivity index (χ0v) is 11.6. The van der Waals surface area contributed by atoms with Crippen molar-refractivity contribution in [1.82, 2.24) is 9.97 Å². The molecular weight excluding hydrogens is 260 g/mol. The van der Waals surface area contributed by atoms with E-state index in [0.717, 1.165) is 11.9 Å². The number of nitrogens with zero attached hydrogens (tertiary/aromatic N) is 2. The molecule has 0 fully saturated rings. The van der Waals surface area contributed by atoms with Gasteiger partial charge in [-0.1, -0.05) is 30.8 Å². The van der Waals surface area contributed by atoms with Gasteiger partial charge in [-0.2, -0.15) is 0 Å². The predicted molar refractivity (Wildman–Crippen MR) is 77.4 cm³/mol. The molecule has 0 unspecified atom stereocenters. The highest BCUT2D eigenvalue weighted by Crippen LogP contribution is 2.33. The molecule has 0 aliphatic heterocycles. The SMILES string of the molecule is CCc1ncc(Sc2ccc3cccnc3c2)s1. The minimum atomic E-state index is 1.00. The first-order valence-electron chi connectivity index (χ1n) is 5.82. The van der Waals surface area contributed by atoms with Crippen molar-refractivity contribution >= 4 is 34.0 Å². The zero-order chi connectivity index (χ0) is 12.4. The number of fused-ring (bicyclic) bond motifs is 1. The Balaban J connectivity index is 1.90. The van der Waals surface area contributed by atoms with Gasteiger partial charge in [-0.25, -0.2) is 4.98 Å². The summed E-state index contributed by atoms with van der Waals surface area (Å²) in [7, 11) is 0. The highest BCUT2D eigenvalue weighted by Gasteiger charge is 2.03. The molecule has 0 amide bonds. The van der Waals surface area contributed by atoms with Crippen molar-refractivity contribution in [3.8, 4) is 0 Å². The summed E-state index contributed by atoms with van der Waals surface area (Å²) in [6.07, 6.45) is 4.79. The summed E-state index contributed by atoms with van der Waals surface area (Å²) >= 11 is 3.52. The summed E-state index contributed by atoms with van der Waals surface area (Å²) in [6.45, 7) is 2.13. The van der Waals surface area contributed by atoms with Crippen LogP contribution in [0.1, 0.15) is 11.9 Å². The fraction of sp³-hybridized carbons (Fsp3) is 0.143. The smallest absolute Gasteiger partial charge is 0.0934 e. The molecule has 0 radical (unpaired) electrons. The van der Waals surface area contributed by atoms with Crippen molar-refractivity contribution in [2.24, 2.45) is 0 Å². The van der Waals surface area contributed by atoms with E-state index in [4.69, 9.17) is 0 Å². The lowest BCUT2D eigenvalue weighted by molar-refractivity contribution is 1.09. The topological polar surface area (TPSA) is 25.8 Å². The molecule has 0 N–H and O–H groups in total. The van der Waals surface area contributed by atoms with Crippen LogP contribution >= 0.6 is 23.1 Å². The van der Waals surface area contributed by atoms with Crippen molar-refractivity contribution in [3.05, 3.63) is 47.7 Å². The van der Waals surface area contributed by atoms with Crippen LogP contribution in [0.3, 0.4) is 0 Å². The Kier molecular flexibility index (Phi) is 3.30. The molecule has 0 saturated heterocycles. The zero-order valence-electron chi connectivity index (χ0n) is 9.96. The van der Waals surface area contributed by atoms with Crippen LogP contribution in [0.15, 0.2) is 51.8 Å². The first-order chi connectivity index (χ1) is 8.85. The summed E-state index contributed by atoms with van der Waals surface area (Å²) < 4.78 is 1.24. The minimum absolute atomic E-state index is 1.00. The first kappa shape index (κ1) is 11.7. The lowest BCUT2D eigenvalue weighted by Crippen LogP contribution is -1.78. The second kappa shape index (κ2) is 5.08. The molecule has 2 heterocycles. The first-order valence-corrected chi connectivity index (χ1v) is 7.46. The maximum Gasteiger partial charge on any atom is 0.0934 e. The van der Waals surface area contributed by atoms with Crippen LogP contribution in [-0.2, 0) is 6.42 Å². The third-order valence-corrected chi connectivity index (χ3v) is 4.86. The third kappa shape index (κ3) is 2.40. The number of aryl methyl sites for hydroxylation is 1. The minimum Gasteiger partial charge on any atom is -0.256 e. The molecule has 90 valence electrons. The van der Waals surface area contributed by atoms with Crippen molar-refractivity contribution in [2.75, 3.05) is 0 Å². The molecule has 0 aliphatic rings. The molecule has 0 bridgehead atoms. The predicted octanol–water partition coefficient (Wildman–Crippen LogP) is 4.40. The summed E-state index contributed by atoms with van der Waals surface area (Å²) in [5, 5.41) is 2.37. The van der Waals surface area contributed by atoms with Crippen LogP contribution in [0, 0.1) is 0 Å². The standard InChI is InChI=1S/C14H12N2S2/c1-2-13-16-9-14(18-13)17-11-6-5-10-4-3-7-15-12(10)8-11/h3-9H,2H2,1H3. The molecule has 0 atom stereocenters. The lowest BCUT2D eigenvalue weighted by Gasteiger charge is -2.00. The van der Waals surface area contributed by atoms with Crippen molar-refractivity contribution in [2.45, 2.75) is 22.4 Å². The summed E-state index contributed by atoms with van der Waals surface area (Å²) in [6, 6.07) is 10.4. The monoisotopic (exact) mass is 272 g/mol. The van der Waals surface area contributed by atoms with Gasteiger partial charge in [0.15, 0.2) is 0 Å². The Bertz CT molecular complexity index is 676. The van der Waals surface area contributed by atoms with Gasteiger partial charge in [0.1, 0.15) is 0 Å². The van der Waals surface area contributed by atoms with Crippen LogP contribution in [0.4, 0.5) is 0 Å². The number of pyridine rings is 1. The lowest BCUT2D eigenvalue weighted by atomic mass is 10.2. The molecular formula is C14H12N2S2. The molecule has 2 nitrogen and oxygen atoms in total. The number of hydrogen-bond acceptors (Lipinski definition) is 4. The molecule has 3 aromatic rings. The molecule has 0 aliphatic carbocycles. The Hall–Kier alpha value is -1.39. The van der Waals surface area contributed by atoms with Gasteiger partial charge in [-0.05, 0) is 24.6 Å². The maximum atomic E-state index is 4.38. The Morgan fingerprint density at radius 3 is 3.00 bits per heavy atom. The number of hydrogen-bond donors (Lipinski definition) is 0. The van der Waals surface area contributed by atoms with Gasteiger partial charge in [0.2, 0.25) is 0 Å². The average molecular weight is 272 g/mol. The van der Waals surface area contributed by atoms with E-state index in [9.17, 15) is 0 Å².